The van der Waals surface area contributed by atoms with Crippen LogP contribution in [-0.4, -0.2) is 55.0 Å². The first-order valence-electron chi connectivity index (χ1n) is 7.36. The van der Waals surface area contributed by atoms with Crippen LogP contribution in [0.1, 0.15) is 20.8 Å². The molecule has 0 aromatic carbocycles. The van der Waals surface area contributed by atoms with Gasteiger partial charge in [0.15, 0.2) is 5.60 Å². The lowest BCUT2D eigenvalue weighted by Crippen LogP contribution is -2.58. The maximum atomic E-state index is 11.3. The van der Waals surface area contributed by atoms with E-state index in [0.717, 1.165) is 0 Å². The monoisotopic (exact) mass is 310 g/mol. The zero-order chi connectivity index (χ0) is 16.2. The maximum Gasteiger partial charge on any atom is 0.330 e. The highest BCUT2D eigenvalue weighted by atomic mass is 16.8. The molecule has 1 aliphatic carbocycles. The van der Waals surface area contributed by atoms with E-state index in [1.807, 2.05) is 6.92 Å². The third kappa shape index (κ3) is 2.31. The Bertz CT molecular complexity index is 539. The molecule has 1 N–H and O–H groups in total. The molecule has 2 fully saturated rings. The molecule has 1 spiro atoms. The van der Waals surface area contributed by atoms with Gasteiger partial charge in [-0.15, -0.1) is 0 Å². The van der Waals surface area contributed by atoms with E-state index in [1.54, 1.807) is 6.08 Å². The van der Waals surface area contributed by atoms with Crippen molar-refractivity contribution < 1.29 is 28.8 Å². The van der Waals surface area contributed by atoms with Crippen LogP contribution in [0, 0.1) is 5.41 Å². The quantitative estimate of drug-likeness (QED) is 0.465. The molecule has 0 unspecified atom stereocenters. The van der Waals surface area contributed by atoms with Crippen LogP contribution in [0.4, 0.5) is 0 Å². The van der Waals surface area contributed by atoms with Gasteiger partial charge in [0.2, 0.25) is 5.79 Å². The van der Waals surface area contributed by atoms with Gasteiger partial charge in [0.25, 0.3) is 0 Å². The van der Waals surface area contributed by atoms with Gasteiger partial charge in [-0.2, -0.15) is 0 Å². The molecule has 2 aliphatic heterocycles. The van der Waals surface area contributed by atoms with Crippen molar-refractivity contribution in [2.45, 2.75) is 44.4 Å². The van der Waals surface area contributed by atoms with Gasteiger partial charge in [-0.05, 0) is 24.6 Å². The number of carbonyl (C=O) groups is 1. The third-order valence-electron chi connectivity index (χ3n) is 4.50. The summed E-state index contributed by atoms with van der Waals surface area (Å²) in [6, 6.07) is 0. The third-order valence-corrected chi connectivity index (χ3v) is 4.50. The van der Waals surface area contributed by atoms with Gasteiger partial charge in [-0.1, -0.05) is 13.8 Å². The molecule has 6 heteroatoms. The average molecular weight is 310 g/mol. The number of aliphatic hydroxyl groups is 1. The Labute approximate surface area is 129 Å². The van der Waals surface area contributed by atoms with Crippen LogP contribution in [0.3, 0.4) is 0 Å². The van der Waals surface area contributed by atoms with Crippen LogP contribution in [0.5, 0.6) is 0 Å². The lowest BCUT2D eigenvalue weighted by atomic mass is 9.81. The molecule has 3 rings (SSSR count). The SMILES string of the molecule is COC(=O)/C=C/C1=CC2(OCC(C)(C)CO2)[C@]2(C)O[C@@H]2[C@H]1O. The number of methoxy groups -OCH3 is 1. The summed E-state index contributed by atoms with van der Waals surface area (Å²) in [7, 11) is 1.30. The topological polar surface area (TPSA) is 77.5 Å². The van der Waals surface area contributed by atoms with Crippen molar-refractivity contribution in [1.29, 1.82) is 0 Å². The van der Waals surface area contributed by atoms with Crippen molar-refractivity contribution in [3.05, 3.63) is 23.8 Å². The molecule has 2 heterocycles. The molecule has 0 saturated carbocycles. The predicted molar refractivity (Wildman–Crippen MR) is 76.9 cm³/mol. The minimum absolute atomic E-state index is 0.0715. The standard InChI is InChI=1S/C16H22O6/c1-14(2)8-20-16(21-9-14)7-10(5-6-11(17)19-4)12(18)13-15(16,3)22-13/h5-7,12-13,18H,8-9H2,1-4H3/b6-5+/t12-,13+,15+/m0/s1. The molecule has 3 aliphatic rings. The Hall–Kier alpha value is -1.21. The van der Waals surface area contributed by atoms with E-state index in [4.69, 9.17) is 14.2 Å². The highest BCUT2D eigenvalue weighted by Gasteiger charge is 2.73. The van der Waals surface area contributed by atoms with Gasteiger partial charge in [0, 0.05) is 11.5 Å². The number of esters is 1. The van der Waals surface area contributed by atoms with Crippen LogP contribution in [0.2, 0.25) is 0 Å². The summed E-state index contributed by atoms with van der Waals surface area (Å²) in [5.74, 6) is -1.51. The average Bonchev–Trinajstić information content (AvgIpc) is 3.18. The second-order valence-electron chi connectivity index (χ2n) is 7.00. The zero-order valence-electron chi connectivity index (χ0n) is 13.3. The fourth-order valence-corrected chi connectivity index (χ4v) is 2.94. The van der Waals surface area contributed by atoms with E-state index < -0.39 is 29.6 Å². The molecular weight excluding hydrogens is 288 g/mol. The minimum Gasteiger partial charge on any atom is -0.466 e. The summed E-state index contributed by atoms with van der Waals surface area (Å²) >= 11 is 0. The fraction of sp³-hybridized carbons (Fsp3) is 0.688. The molecule has 3 atom stereocenters. The van der Waals surface area contributed by atoms with E-state index >= 15 is 0 Å². The second kappa shape index (κ2) is 4.89. The van der Waals surface area contributed by atoms with Crippen molar-refractivity contribution in [3.63, 3.8) is 0 Å². The first-order valence-corrected chi connectivity index (χ1v) is 7.36. The largest absolute Gasteiger partial charge is 0.466 e. The van der Waals surface area contributed by atoms with Gasteiger partial charge in [-0.3, -0.25) is 0 Å². The Morgan fingerprint density at radius 3 is 2.59 bits per heavy atom. The first kappa shape index (κ1) is 15.7. The van der Waals surface area contributed by atoms with Crippen molar-refractivity contribution >= 4 is 5.97 Å². The molecule has 0 aromatic heterocycles. The molecule has 2 saturated heterocycles. The number of epoxide rings is 1. The summed E-state index contributed by atoms with van der Waals surface area (Å²) in [6.07, 6.45) is 3.28. The second-order valence-corrected chi connectivity index (χ2v) is 7.00. The van der Waals surface area contributed by atoms with Crippen LogP contribution in [0.25, 0.3) is 0 Å². The molecule has 0 bridgehead atoms. The normalized spacial score (nSPS) is 38.5. The molecule has 6 nitrogen and oxygen atoms in total. The smallest absolute Gasteiger partial charge is 0.330 e. The first-order chi connectivity index (χ1) is 10.2. The van der Waals surface area contributed by atoms with Crippen LogP contribution in [0.15, 0.2) is 23.8 Å². The van der Waals surface area contributed by atoms with E-state index in [0.29, 0.717) is 18.8 Å². The number of rotatable bonds is 2. The maximum absolute atomic E-state index is 11.3. The van der Waals surface area contributed by atoms with E-state index in [9.17, 15) is 9.90 Å². The van der Waals surface area contributed by atoms with Crippen molar-refractivity contribution in [2.24, 2.45) is 5.41 Å². The Morgan fingerprint density at radius 1 is 1.36 bits per heavy atom. The number of hydrogen-bond acceptors (Lipinski definition) is 6. The van der Waals surface area contributed by atoms with Crippen LogP contribution < -0.4 is 0 Å². The highest BCUT2D eigenvalue weighted by molar-refractivity contribution is 5.82. The van der Waals surface area contributed by atoms with Gasteiger partial charge in [-0.25, -0.2) is 4.79 Å². The summed E-state index contributed by atoms with van der Waals surface area (Å²) in [4.78, 5) is 11.3. The Morgan fingerprint density at radius 2 is 2.00 bits per heavy atom. The molecule has 0 radical (unpaired) electrons. The molecule has 22 heavy (non-hydrogen) atoms. The molecule has 0 aromatic rings. The molecular formula is C16H22O6. The van der Waals surface area contributed by atoms with E-state index in [1.165, 1.54) is 19.3 Å². The fourth-order valence-electron chi connectivity index (χ4n) is 2.94. The lowest BCUT2D eigenvalue weighted by Gasteiger charge is -2.46. The summed E-state index contributed by atoms with van der Waals surface area (Å²) < 4.78 is 22.3. The Balaban J connectivity index is 1.90. The highest BCUT2D eigenvalue weighted by Crippen LogP contribution is 2.56. The van der Waals surface area contributed by atoms with E-state index in [-0.39, 0.29) is 5.41 Å². The minimum atomic E-state index is -1.03. The number of hydrogen-bond donors (Lipinski definition) is 1. The van der Waals surface area contributed by atoms with Crippen molar-refractivity contribution in [1.82, 2.24) is 0 Å². The predicted octanol–water partition coefficient (Wildman–Crippen LogP) is 0.943. The van der Waals surface area contributed by atoms with E-state index in [2.05, 4.69) is 18.6 Å². The lowest BCUT2D eigenvalue weighted by molar-refractivity contribution is -0.298. The van der Waals surface area contributed by atoms with Gasteiger partial charge in [0.1, 0.15) is 12.2 Å². The van der Waals surface area contributed by atoms with Gasteiger partial charge in [0.05, 0.1) is 20.3 Å². The molecule has 0 amide bonds. The molecule has 122 valence electrons. The van der Waals surface area contributed by atoms with Crippen molar-refractivity contribution in [3.8, 4) is 0 Å². The Kier molecular flexibility index (Phi) is 3.49. The van der Waals surface area contributed by atoms with Gasteiger partial charge >= 0.3 is 5.97 Å². The van der Waals surface area contributed by atoms with Crippen LogP contribution in [-0.2, 0) is 23.7 Å². The van der Waals surface area contributed by atoms with Crippen LogP contribution >= 0.6 is 0 Å². The zero-order valence-corrected chi connectivity index (χ0v) is 13.3. The number of carbonyl (C=O) groups excluding carboxylic acids is 1. The van der Waals surface area contributed by atoms with Gasteiger partial charge < -0.3 is 24.1 Å². The summed E-state index contributed by atoms with van der Waals surface area (Å²) in [5, 5.41) is 10.3. The number of aliphatic hydroxyl groups excluding tert-OH is 1. The number of ether oxygens (including phenoxy) is 4. The summed E-state index contributed by atoms with van der Waals surface area (Å²) in [5.41, 5.74) is -0.242. The van der Waals surface area contributed by atoms with Crippen molar-refractivity contribution in [2.75, 3.05) is 20.3 Å². The number of fused-ring (bicyclic) bond motifs is 2. The summed E-state index contributed by atoms with van der Waals surface area (Å²) in [6.45, 7) is 7.05.